The largest absolute Gasteiger partial charge is 0.391 e. The predicted octanol–water partition coefficient (Wildman–Crippen LogP) is -1.39. The second-order valence-corrected chi connectivity index (χ2v) is 5.26. The number of aliphatic hydroxyl groups excluding tert-OH is 1. The van der Waals surface area contributed by atoms with Crippen molar-refractivity contribution in [2.45, 2.75) is 6.10 Å². The van der Waals surface area contributed by atoms with Crippen LogP contribution in [0, 0.1) is 5.92 Å². The Labute approximate surface area is 66.5 Å². The highest BCUT2D eigenvalue weighted by molar-refractivity contribution is 7.90. The van der Waals surface area contributed by atoms with E-state index < -0.39 is 15.9 Å². The molecule has 2 atom stereocenters. The quantitative estimate of drug-likeness (QED) is 0.548. The summed E-state index contributed by atoms with van der Waals surface area (Å²) in [6.07, 6.45) is 0.697. The molecule has 4 nitrogen and oxygen atoms in total. The molecule has 1 rings (SSSR count). The summed E-state index contributed by atoms with van der Waals surface area (Å²) in [5, 5.41) is 12.2. The van der Waals surface area contributed by atoms with Gasteiger partial charge >= 0.3 is 0 Å². The summed E-state index contributed by atoms with van der Waals surface area (Å²) in [5.74, 6) is -0.0359. The predicted molar refractivity (Wildman–Crippen MR) is 42.1 cm³/mol. The Balaban J connectivity index is 2.50. The third-order valence-corrected chi connectivity index (χ3v) is 2.85. The first-order chi connectivity index (χ1) is 4.99. The van der Waals surface area contributed by atoms with Crippen molar-refractivity contribution in [3.8, 4) is 0 Å². The molecular weight excluding hydrogens is 166 g/mol. The summed E-state index contributed by atoms with van der Waals surface area (Å²) in [4.78, 5) is 0. The first-order valence-electron chi connectivity index (χ1n) is 3.55. The molecule has 1 aliphatic heterocycles. The number of hydrogen-bond acceptors (Lipinski definition) is 4. The second-order valence-electron chi connectivity index (χ2n) is 3.08. The molecule has 0 amide bonds. The molecule has 0 saturated carbocycles. The van der Waals surface area contributed by atoms with Gasteiger partial charge in [0.1, 0.15) is 9.84 Å². The number of hydrogen-bond donors (Lipinski definition) is 2. The van der Waals surface area contributed by atoms with Gasteiger partial charge in [-0.2, -0.15) is 0 Å². The average Bonchev–Trinajstić information content (AvgIpc) is 2.12. The molecule has 0 spiro atoms. The van der Waals surface area contributed by atoms with Crippen LogP contribution >= 0.6 is 0 Å². The van der Waals surface area contributed by atoms with E-state index in [0.29, 0.717) is 13.1 Å². The van der Waals surface area contributed by atoms with E-state index in [0.717, 1.165) is 0 Å². The molecule has 2 unspecified atom stereocenters. The highest BCUT2D eigenvalue weighted by Crippen LogP contribution is 2.10. The smallest absolute Gasteiger partial charge is 0.147 e. The van der Waals surface area contributed by atoms with Gasteiger partial charge in [-0.15, -0.1) is 0 Å². The van der Waals surface area contributed by atoms with E-state index in [1.54, 1.807) is 0 Å². The summed E-state index contributed by atoms with van der Waals surface area (Å²) in [5.41, 5.74) is 0. The first-order valence-corrected chi connectivity index (χ1v) is 5.61. The van der Waals surface area contributed by atoms with E-state index in [2.05, 4.69) is 5.32 Å². The van der Waals surface area contributed by atoms with Crippen LogP contribution in [0.1, 0.15) is 0 Å². The highest BCUT2D eigenvalue weighted by Gasteiger charge is 2.27. The molecule has 11 heavy (non-hydrogen) atoms. The molecule has 5 heteroatoms. The lowest BCUT2D eigenvalue weighted by Gasteiger charge is -2.10. The van der Waals surface area contributed by atoms with E-state index in [1.807, 2.05) is 0 Å². The maximum absolute atomic E-state index is 10.8. The Hall–Kier alpha value is -0.130. The summed E-state index contributed by atoms with van der Waals surface area (Å²) in [7, 11) is -2.94. The Morgan fingerprint density at radius 2 is 2.18 bits per heavy atom. The van der Waals surface area contributed by atoms with Crippen molar-refractivity contribution in [2.75, 3.05) is 25.1 Å². The molecular formula is C6H13NO3S. The zero-order valence-electron chi connectivity index (χ0n) is 6.45. The number of rotatable bonds is 2. The molecule has 0 bridgehead atoms. The van der Waals surface area contributed by atoms with Crippen LogP contribution in [-0.4, -0.2) is 44.7 Å². The van der Waals surface area contributed by atoms with Crippen LogP contribution in [0.25, 0.3) is 0 Å². The molecule has 0 radical (unpaired) electrons. The van der Waals surface area contributed by atoms with Crippen molar-refractivity contribution >= 4 is 9.84 Å². The molecule has 0 aromatic carbocycles. The van der Waals surface area contributed by atoms with Crippen LogP contribution in [0.4, 0.5) is 0 Å². The lowest BCUT2D eigenvalue weighted by Crippen LogP contribution is -2.25. The van der Waals surface area contributed by atoms with Crippen LogP contribution in [0.3, 0.4) is 0 Å². The maximum atomic E-state index is 10.8. The third kappa shape index (κ3) is 2.76. The highest BCUT2D eigenvalue weighted by atomic mass is 32.2. The monoisotopic (exact) mass is 179 g/mol. The molecule has 1 saturated heterocycles. The van der Waals surface area contributed by atoms with Gasteiger partial charge in [0.05, 0.1) is 11.9 Å². The summed E-state index contributed by atoms with van der Waals surface area (Å²) in [6, 6.07) is 0. The summed E-state index contributed by atoms with van der Waals surface area (Å²) in [6.45, 7) is 1.12. The van der Waals surface area contributed by atoms with Crippen LogP contribution in [0.15, 0.2) is 0 Å². The molecule has 0 aromatic heterocycles. The van der Waals surface area contributed by atoms with Gasteiger partial charge in [-0.3, -0.25) is 0 Å². The molecule has 2 N–H and O–H groups in total. The van der Waals surface area contributed by atoms with Crippen LogP contribution in [0.5, 0.6) is 0 Å². The average molecular weight is 179 g/mol. The minimum atomic E-state index is -2.94. The normalized spacial score (nSPS) is 32.5. The molecule has 0 aliphatic carbocycles. The van der Waals surface area contributed by atoms with Crippen molar-refractivity contribution in [1.82, 2.24) is 5.32 Å². The fourth-order valence-corrected chi connectivity index (χ4v) is 2.40. The zero-order valence-corrected chi connectivity index (χ0v) is 7.26. The van der Waals surface area contributed by atoms with Crippen LogP contribution in [-0.2, 0) is 9.84 Å². The van der Waals surface area contributed by atoms with Gasteiger partial charge < -0.3 is 10.4 Å². The lowest BCUT2D eigenvalue weighted by molar-refractivity contribution is 0.157. The van der Waals surface area contributed by atoms with Gasteiger partial charge in [0.25, 0.3) is 0 Å². The molecule has 0 aromatic rings. The minimum absolute atomic E-state index is 0.0845. The minimum Gasteiger partial charge on any atom is -0.391 e. The van der Waals surface area contributed by atoms with Crippen LogP contribution < -0.4 is 5.32 Å². The van der Waals surface area contributed by atoms with E-state index >= 15 is 0 Å². The van der Waals surface area contributed by atoms with Gasteiger partial charge in [-0.05, 0) is 0 Å². The topological polar surface area (TPSA) is 66.4 Å². The Kier molecular flexibility index (Phi) is 2.51. The number of nitrogens with one attached hydrogen (secondary N) is 1. The van der Waals surface area contributed by atoms with Gasteiger partial charge in [0.15, 0.2) is 0 Å². The van der Waals surface area contributed by atoms with Gasteiger partial charge in [0.2, 0.25) is 0 Å². The van der Waals surface area contributed by atoms with Crippen molar-refractivity contribution < 1.29 is 13.5 Å². The number of sulfone groups is 1. The third-order valence-electron chi connectivity index (χ3n) is 1.82. The Bertz CT molecular complexity index is 224. The maximum Gasteiger partial charge on any atom is 0.147 e. The fourth-order valence-electron chi connectivity index (χ4n) is 1.28. The summed E-state index contributed by atoms with van der Waals surface area (Å²) >= 11 is 0. The Morgan fingerprint density at radius 1 is 1.55 bits per heavy atom. The van der Waals surface area contributed by atoms with Crippen LogP contribution in [0.2, 0.25) is 0 Å². The SMILES string of the molecule is CS(=O)(=O)CC1CNCC1O. The Morgan fingerprint density at radius 3 is 2.55 bits per heavy atom. The molecule has 66 valence electrons. The van der Waals surface area contributed by atoms with Crippen molar-refractivity contribution in [3.05, 3.63) is 0 Å². The second kappa shape index (κ2) is 3.08. The standard InChI is InChI=1S/C6H13NO3S/c1-11(9,10)4-5-2-7-3-6(5)8/h5-8H,2-4H2,1H3. The molecule has 1 aliphatic rings. The number of β-amino-alcohol motifs (C(OH)–C–C–N with tert-alkyl or cyclic N) is 1. The number of aliphatic hydroxyl groups is 1. The lowest BCUT2D eigenvalue weighted by atomic mass is 10.1. The molecule has 1 heterocycles. The van der Waals surface area contributed by atoms with E-state index in [9.17, 15) is 13.5 Å². The molecule has 1 fully saturated rings. The van der Waals surface area contributed by atoms with Crippen molar-refractivity contribution in [1.29, 1.82) is 0 Å². The van der Waals surface area contributed by atoms with E-state index in [1.165, 1.54) is 6.26 Å². The van der Waals surface area contributed by atoms with Crippen molar-refractivity contribution in [3.63, 3.8) is 0 Å². The van der Waals surface area contributed by atoms with Gasteiger partial charge in [0, 0.05) is 25.3 Å². The van der Waals surface area contributed by atoms with Crippen molar-refractivity contribution in [2.24, 2.45) is 5.92 Å². The fraction of sp³-hybridized carbons (Fsp3) is 1.00. The van der Waals surface area contributed by atoms with E-state index in [-0.39, 0.29) is 11.7 Å². The zero-order chi connectivity index (χ0) is 8.48. The summed E-state index contributed by atoms with van der Waals surface area (Å²) < 4.78 is 21.6. The van der Waals surface area contributed by atoms with Gasteiger partial charge in [-0.25, -0.2) is 8.42 Å². The first kappa shape index (κ1) is 8.96. The van der Waals surface area contributed by atoms with Gasteiger partial charge in [-0.1, -0.05) is 0 Å². The van der Waals surface area contributed by atoms with E-state index in [4.69, 9.17) is 0 Å².